The second-order valence-corrected chi connectivity index (χ2v) is 3.90. The Kier molecular flexibility index (Phi) is 2.37. The van der Waals surface area contributed by atoms with Crippen LogP contribution >= 0.6 is 0 Å². The largest absolute Gasteiger partial charge is 0.338 e. The fourth-order valence-corrected chi connectivity index (χ4v) is 1.44. The lowest BCUT2D eigenvalue weighted by molar-refractivity contribution is 0.363. The summed E-state index contributed by atoms with van der Waals surface area (Å²) in [5.41, 5.74) is 0.936. The highest BCUT2D eigenvalue weighted by atomic mass is 16.5. The summed E-state index contributed by atoms with van der Waals surface area (Å²) in [6.07, 6.45) is 5.81. The standard InChI is InChI=1S/C9H12N6O/c1-2-7(1)10-3-8-4-15(14-13-8)5-9-11-6-12-16-9/h4,6-7,10H,1-3,5H2. The summed E-state index contributed by atoms with van der Waals surface area (Å²) >= 11 is 0. The third-order valence-corrected chi connectivity index (χ3v) is 2.44. The third kappa shape index (κ3) is 2.25. The molecule has 1 aliphatic rings. The van der Waals surface area contributed by atoms with Crippen LogP contribution in [0.25, 0.3) is 0 Å². The molecular weight excluding hydrogens is 208 g/mol. The molecule has 2 aromatic heterocycles. The lowest BCUT2D eigenvalue weighted by atomic mass is 10.4. The molecule has 0 atom stereocenters. The van der Waals surface area contributed by atoms with Crippen molar-refractivity contribution in [2.45, 2.75) is 32.0 Å². The van der Waals surface area contributed by atoms with Crippen LogP contribution in [0.5, 0.6) is 0 Å². The van der Waals surface area contributed by atoms with E-state index in [0.29, 0.717) is 18.5 Å². The fraction of sp³-hybridized carbons (Fsp3) is 0.556. The Morgan fingerprint density at radius 1 is 1.50 bits per heavy atom. The van der Waals surface area contributed by atoms with Crippen molar-refractivity contribution >= 4 is 0 Å². The summed E-state index contributed by atoms with van der Waals surface area (Å²) in [6, 6.07) is 0.682. The van der Waals surface area contributed by atoms with E-state index in [0.717, 1.165) is 12.2 Å². The van der Waals surface area contributed by atoms with Crippen molar-refractivity contribution in [1.29, 1.82) is 0 Å². The van der Waals surface area contributed by atoms with Crippen molar-refractivity contribution < 1.29 is 4.52 Å². The summed E-state index contributed by atoms with van der Waals surface area (Å²) in [6.45, 7) is 1.24. The van der Waals surface area contributed by atoms with Gasteiger partial charge < -0.3 is 9.84 Å². The van der Waals surface area contributed by atoms with Gasteiger partial charge in [-0.25, -0.2) is 4.68 Å². The zero-order valence-corrected chi connectivity index (χ0v) is 8.70. The Hall–Kier alpha value is -1.76. The van der Waals surface area contributed by atoms with E-state index in [1.165, 1.54) is 19.2 Å². The van der Waals surface area contributed by atoms with Crippen molar-refractivity contribution in [3.05, 3.63) is 24.1 Å². The average molecular weight is 220 g/mol. The predicted molar refractivity (Wildman–Crippen MR) is 53.3 cm³/mol. The van der Waals surface area contributed by atoms with Crippen LogP contribution in [0.2, 0.25) is 0 Å². The van der Waals surface area contributed by atoms with Gasteiger partial charge in [0.1, 0.15) is 6.54 Å². The molecular formula is C9H12N6O. The highest BCUT2D eigenvalue weighted by Gasteiger charge is 2.20. The fourth-order valence-electron chi connectivity index (χ4n) is 1.44. The second kappa shape index (κ2) is 4.01. The van der Waals surface area contributed by atoms with Crippen LogP contribution in [0.1, 0.15) is 24.4 Å². The SMILES string of the molecule is c1noc(Cn2cc(CNC3CC3)nn2)n1. The molecule has 0 saturated heterocycles. The van der Waals surface area contributed by atoms with E-state index in [2.05, 4.69) is 25.8 Å². The van der Waals surface area contributed by atoms with Crippen LogP contribution in [0.3, 0.4) is 0 Å². The number of hydrogen-bond acceptors (Lipinski definition) is 6. The highest BCUT2D eigenvalue weighted by molar-refractivity contribution is 4.95. The molecule has 0 amide bonds. The Morgan fingerprint density at radius 2 is 2.44 bits per heavy atom. The first kappa shape index (κ1) is 9.46. The normalized spacial score (nSPS) is 15.5. The van der Waals surface area contributed by atoms with Gasteiger partial charge in [-0.05, 0) is 12.8 Å². The second-order valence-electron chi connectivity index (χ2n) is 3.90. The molecule has 2 heterocycles. The predicted octanol–water partition coefficient (Wildman–Crippen LogP) is -0.0386. The summed E-state index contributed by atoms with van der Waals surface area (Å²) in [5.74, 6) is 0.534. The molecule has 0 aliphatic heterocycles. The molecule has 16 heavy (non-hydrogen) atoms. The van der Waals surface area contributed by atoms with Gasteiger partial charge in [-0.2, -0.15) is 4.98 Å². The molecule has 7 heteroatoms. The van der Waals surface area contributed by atoms with Gasteiger partial charge in [-0.3, -0.25) is 0 Å². The molecule has 84 valence electrons. The zero-order chi connectivity index (χ0) is 10.8. The Labute approximate surface area is 91.8 Å². The number of nitrogens with one attached hydrogen (secondary N) is 1. The minimum absolute atomic E-state index is 0.469. The quantitative estimate of drug-likeness (QED) is 0.761. The van der Waals surface area contributed by atoms with Gasteiger partial charge in [0, 0.05) is 12.6 Å². The monoisotopic (exact) mass is 220 g/mol. The van der Waals surface area contributed by atoms with E-state index in [4.69, 9.17) is 4.52 Å². The summed E-state index contributed by atoms with van der Waals surface area (Å²) in [5, 5.41) is 15.0. The molecule has 2 aromatic rings. The molecule has 7 nitrogen and oxygen atoms in total. The number of hydrogen-bond donors (Lipinski definition) is 1. The first-order chi connectivity index (χ1) is 7.90. The van der Waals surface area contributed by atoms with Crippen molar-refractivity contribution in [2.75, 3.05) is 0 Å². The van der Waals surface area contributed by atoms with Gasteiger partial charge in [0.25, 0.3) is 0 Å². The summed E-state index contributed by atoms with van der Waals surface area (Å²) < 4.78 is 6.58. The molecule has 0 aromatic carbocycles. The Morgan fingerprint density at radius 3 is 3.19 bits per heavy atom. The van der Waals surface area contributed by atoms with Crippen LogP contribution in [-0.4, -0.2) is 31.2 Å². The maximum atomic E-state index is 4.89. The van der Waals surface area contributed by atoms with Crippen LogP contribution in [0, 0.1) is 0 Å². The van der Waals surface area contributed by atoms with E-state index >= 15 is 0 Å². The van der Waals surface area contributed by atoms with Gasteiger partial charge in [-0.1, -0.05) is 10.4 Å². The molecule has 1 fully saturated rings. The first-order valence-corrected chi connectivity index (χ1v) is 5.28. The van der Waals surface area contributed by atoms with E-state index in [1.807, 2.05) is 6.20 Å². The van der Waals surface area contributed by atoms with E-state index in [-0.39, 0.29) is 0 Å². The van der Waals surface area contributed by atoms with Crippen molar-refractivity contribution in [3.63, 3.8) is 0 Å². The Bertz CT molecular complexity index is 446. The first-order valence-electron chi connectivity index (χ1n) is 5.28. The van der Waals surface area contributed by atoms with Gasteiger partial charge in [-0.15, -0.1) is 5.10 Å². The van der Waals surface area contributed by atoms with E-state index in [9.17, 15) is 0 Å². The molecule has 1 saturated carbocycles. The van der Waals surface area contributed by atoms with Crippen LogP contribution in [0.4, 0.5) is 0 Å². The molecule has 1 N–H and O–H groups in total. The topological polar surface area (TPSA) is 81.7 Å². The minimum atomic E-state index is 0.469. The van der Waals surface area contributed by atoms with Crippen molar-refractivity contribution in [2.24, 2.45) is 0 Å². The third-order valence-electron chi connectivity index (χ3n) is 2.44. The van der Waals surface area contributed by atoms with Crippen LogP contribution in [-0.2, 0) is 13.1 Å². The molecule has 3 rings (SSSR count). The molecule has 1 aliphatic carbocycles. The maximum absolute atomic E-state index is 4.89. The van der Waals surface area contributed by atoms with Crippen LogP contribution < -0.4 is 5.32 Å². The average Bonchev–Trinajstić information content (AvgIpc) is 2.78. The highest BCUT2D eigenvalue weighted by Crippen LogP contribution is 2.18. The number of rotatable bonds is 5. The van der Waals surface area contributed by atoms with Crippen LogP contribution in [0.15, 0.2) is 17.0 Å². The van der Waals surface area contributed by atoms with E-state index < -0.39 is 0 Å². The number of nitrogens with zero attached hydrogens (tertiary/aromatic N) is 5. The molecule has 0 unspecified atom stereocenters. The Balaban J connectivity index is 1.58. The summed E-state index contributed by atoms with van der Waals surface area (Å²) in [7, 11) is 0. The molecule has 0 radical (unpaired) electrons. The van der Waals surface area contributed by atoms with Crippen molar-refractivity contribution in [1.82, 2.24) is 30.5 Å². The molecule has 0 spiro atoms. The van der Waals surface area contributed by atoms with Gasteiger partial charge in [0.05, 0.1) is 11.9 Å². The van der Waals surface area contributed by atoms with E-state index in [1.54, 1.807) is 4.68 Å². The van der Waals surface area contributed by atoms with Gasteiger partial charge in [0.15, 0.2) is 6.33 Å². The lowest BCUT2D eigenvalue weighted by Crippen LogP contribution is -2.15. The minimum Gasteiger partial charge on any atom is -0.338 e. The number of aromatic nitrogens is 5. The zero-order valence-electron chi connectivity index (χ0n) is 8.70. The lowest BCUT2D eigenvalue weighted by Gasteiger charge is -1.96. The summed E-state index contributed by atoms with van der Waals surface area (Å²) in [4.78, 5) is 3.92. The maximum Gasteiger partial charge on any atom is 0.248 e. The van der Waals surface area contributed by atoms with Crippen molar-refractivity contribution in [3.8, 4) is 0 Å². The van der Waals surface area contributed by atoms with Gasteiger partial charge >= 0.3 is 0 Å². The van der Waals surface area contributed by atoms with Gasteiger partial charge in [0.2, 0.25) is 5.89 Å². The smallest absolute Gasteiger partial charge is 0.248 e. The molecule has 0 bridgehead atoms.